The van der Waals surface area contributed by atoms with E-state index in [0.717, 1.165) is 11.1 Å². The summed E-state index contributed by atoms with van der Waals surface area (Å²) in [5, 5.41) is -0.0364. The lowest BCUT2D eigenvalue weighted by molar-refractivity contribution is 0.0134. The zero-order chi connectivity index (χ0) is 21.6. The summed E-state index contributed by atoms with van der Waals surface area (Å²) < 4.78 is 13.9. The van der Waals surface area contributed by atoms with Crippen LogP contribution in [-0.2, 0) is 22.7 Å². The Bertz CT molecular complexity index is 1100. The SMILES string of the molecule is Cc1cn([C@@H]2CC(OCc3ccccc3)[C@@H](COCc3ccccc3)S2)c(=O)[nH]c1=O. The minimum atomic E-state index is -0.388. The van der Waals surface area contributed by atoms with Crippen LogP contribution in [0.4, 0.5) is 0 Å². The van der Waals surface area contributed by atoms with Crippen LogP contribution in [0.25, 0.3) is 0 Å². The first-order valence-electron chi connectivity index (χ1n) is 10.3. The number of aryl methyl sites for hydroxylation is 1. The maximum Gasteiger partial charge on any atom is 0.329 e. The molecule has 0 radical (unpaired) electrons. The Morgan fingerprint density at radius 2 is 1.65 bits per heavy atom. The number of H-pyrrole nitrogens is 1. The van der Waals surface area contributed by atoms with Gasteiger partial charge in [-0.25, -0.2) is 4.79 Å². The molecule has 31 heavy (non-hydrogen) atoms. The van der Waals surface area contributed by atoms with Gasteiger partial charge in [0.1, 0.15) is 0 Å². The molecule has 1 saturated heterocycles. The average molecular weight is 439 g/mol. The number of nitrogens with zero attached hydrogens (tertiary/aromatic N) is 1. The minimum absolute atomic E-state index is 0.0647. The molecule has 0 bridgehead atoms. The molecule has 2 aromatic carbocycles. The third-order valence-corrected chi connectivity index (χ3v) is 6.86. The van der Waals surface area contributed by atoms with E-state index in [0.29, 0.717) is 31.8 Å². The van der Waals surface area contributed by atoms with Gasteiger partial charge in [0.05, 0.1) is 36.5 Å². The first kappa shape index (κ1) is 21.6. The van der Waals surface area contributed by atoms with Crippen LogP contribution < -0.4 is 11.2 Å². The topological polar surface area (TPSA) is 73.3 Å². The van der Waals surface area contributed by atoms with Gasteiger partial charge in [-0.15, -0.1) is 11.8 Å². The molecule has 4 rings (SSSR count). The lowest BCUT2D eigenvalue weighted by Crippen LogP contribution is -2.32. The summed E-state index contributed by atoms with van der Waals surface area (Å²) >= 11 is 1.66. The summed E-state index contributed by atoms with van der Waals surface area (Å²) in [6.07, 6.45) is 2.24. The van der Waals surface area contributed by atoms with Gasteiger partial charge < -0.3 is 9.47 Å². The number of hydrogen-bond acceptors (Lipinski definition) is 5. The minimum Gasteiger partial charge on any atom is -0.376 e. The fourth-order valence-electron chi connectivity index (χ4n) is 3.64. The van der Waals surface area contributed by atoms with Crippen molar-refractivity contribution in [3.63, 3.8) is 0 Å². The maximum absolute atomic E-state index is 12.4. The van der Waals surface area contributed by atoms with Crippen LogP contribution >= 0.6 is 11.8 Å². The molecule has 1 unspecified atom stereocenters. The Labute approximate surface area is 185 Å². The van der Waals surface area contributed by atoms with Crippen molar-refractivity contribution < 1.29 is 9.47 Å². The van der Waals surface area contributed by atoms with Gasteiger partial charge in [-0.1, -0.05) is 60.7 Å². The Morgan fingerprint density at radius 1 is 1.00 bits per heavy atom. The molecule has 6 nitrogen and oxygen atoms in total. The van der Waals surface area contributed by atoms with Gasteiger partial charge in [0, 0.05) is 18.2 Å². The van der Waals surface area contributed by atoms with Crippen LogP contribution in [-0.4, -0.2) is 27.5 Å². The lowest BCUT2D eigenvalue weighted by atomic mass is 10.1. The number of rotatable bonds is 8. The molecule has 0 saturated carbocycles. The molecule has 1 aliphatic heterocycles. The van der Waals surface area contributed by atoms with Crippen LogP contribution in [0.1, 0.15) is 28.5 Å². The molecular formula is C24H26N2O4S. The molecule has 1 N–H and O–H groups in total. The average Bonchev–Trinajstić information content (AvgIpc) is 3.19. The van der Waals surface area contributed by atoms with Crippen molar-refractivity contribution in [2.24, 2.45) is 0 Å². The van der Waals surface area contributed by atoms with Crippen molar-refractivity contribution in [3.05, 3.63) is 104 Å². The van der Waals surface area contributed by atoms with Crippen LogP contribution in [0.2, 0.25) is 0 Å². The predicted octanol–water partition coefficient (Wildman–Crippen LogP) is 3.65. The van der Waals surface area contributed by atoms with Crippen molar-refractivity contribution in [2.45, 2.75) is 43.3 Å². The van der Waals surface area contributed by atoms with Crippen molar-refractivity contribution in [3.8, 4) is 0 Å². The summed E-state index contributed by atoms with van der Waals surface area (Å²) in [4.78, 5) is 26.5. The summed E-state index contributed by atoms with van der Waals surface area (Å²) in [7, 11) is 0. The molecule has 0 aliphatic carbocycles. The predicted molar refractivity (Wildman–Crippen MR) is 122 cm³/mol. The van der Waals surface area contributed by atoms with Gasteiger partial charge in [0.2, 0.25) is 0 Å². The van der Waals surface area contributed by atoms with Gasteiger partial charge >= 0.3 is 5.69 Å². The Kier molecular flexibility index (Phi) is 7.06. The molecule has 0 amide bonds. The highest BCUT2D eigenvalue weighted by Crippen LogP contribution is 2.42. The van der Waals surface area contributed by atoms with E-state index in [2.05, 4.69) is 4.98 Å². The third-order valence-electron chi connectivity index (χ3n) is 5.34. The molecule has 162 valence electrons. The van der Waals surface area contributed by atoms with Crippen molar-refractivity contribution in [1.82, 2.24) is 9.55 Å². The number of benzene rings is 2. The molecule has 1 aromatic heterocycles. The highest BCUT2D eigenvalue weighted by Gasteiger charge is 2.37. The monoisotopic (exact) mass is 438 g/mol. The largest absolute Gasteiger partial charge is 0.376 e. The summed E-state index contributed by atoms with van der Waals surface area (Å²) in [5.74, 6) is 0. The van der Waals surface area contributed by atoms with Crippen LogP contribution in [0, 0.1) is 6.92 Å². The quantitative estimate of drug-likeness (QED) is 0.581. The first-order chi connectivity index (χ1) is 15.1. The van der Waals surface area contributed by atoms with E-state index >= 15 is 0 Å². The van der Waals surface area contributed by atoms with E-state index in [1.807, 2.05) is 60.7 Å². The number of thioether (sulfide) groups is 1. The highest BCUT2D eigenvalue weighted by molar-refractivity contribution is 8.00. The fourth-order valence-corrected chi connectivity index (χ4v) is 5.17. The van der Waals surface area contributed by atoms with E-state index in [4.69, 9.17) is 9.47 Å². The Balaban J connectivity index is 1.46. The molecule has 1 aliphatic rings. The van der Waals surface area contributed by atoms with Crippen LogP contribution in [0.3, 0.4) is 0 Å². The van der Waals surface area contributed by atoms with Crippen molar-refractivity contribution >= 4 is 11.8 Å². The van der Waals surface area contributed by atoms with E-state index < -0.39 is 0 Å². The molecule has 0 spiro atoms. The highest BCUT2D eigenvalue weighted by atomic mass is 32.2. The molecule has 3 atom stereocenters. The van der Waals surface area contributed by atoms with Gasteiger partial charge in [0.25, 0.3) is 5.56 Å². The zero-order valence-electron chi connectivity index (χ0n) is 17.4. The third kappa shape index (κ3) is 5.55. The number of ether oxygens (including phenoxy) is 2. The zero-order valence-corrected chi connectivity index (χ0v) is 18.2. The smallest absolute Gasteiger partial charge is 0.329 e. The molecule has 3 aromatic rings. The lowest BCUT2D eigenvalue weighted by Gasteiger charge is -2.19. The molecule has 1 fully saturated rings. The molecule has 2 heterocycles. The standard InChI is InChI=1S/C24H26N2O4S/c1-17-13-26(24(28)25-23(17)27)22-12-20(30-15-19-10-6-3-7-11-19)21(31-22)16-29-14-18-8-4-2-5-9-18/h2-11,13,20-22H,12,14-16H2,1H3,(H,25,27,28)/t20?,21-,22+/m1/s1. The second-order valence-electron chi connectivity index (χ2n) is 7.68. The fraction of sp³-hybridized carbons (Fsp3) is 0.333. The second-order valence-corrected chi connectivity index (χ2v) is 9.10. The summed E-state index contributed by atoms with van der Waals surface area (Å²) in [6.45, 7) is 3.27. The van der Waals surface area contributed by atoms with Gasteiger partial charge in [0.15, 0.2) is 0 Å². The van der Waals surface area contributed by atoms with Crippen molar-refractivity contribution in [1.29, 1.82) is 0 Å². The van der Waals surface area contributed by atoms with E-state index in [1.165, 1.54) is 0 Å². The van der Waals surface area contributed by atoms with Crippen LogP contribution in [0.5, 0.6) is 0 Å². The number of hydrogen-bond donors (Lipinski definition) is 1. The summed E-state index contributed by atoms with van der Waals surface area (Å²) in [6, 6.07) is 20.1. The van der Waals surface area contributed by atoms with Gasteiger partial charge in [-0.3, -0.25) is 14.3 Å². The number of aromatic nitrogens is 2. The van der Waals surface area contributed by atoms with E-state index in [9.17, 15) is 9.59 Å². The first-order valence-corrected chi connectivity index (χ1v) is 11.3. The Morgan fingerprint density at radius 3 is 2.32 bits per heavy atom. The van der Waals surface area contributed by atoms with Gasteiger partial charge in [-0.2, -0.15) is 0 Å². The normalized spacial score (nSPS) is 20.7. The molecular weight excluding hydrogens is 412 g/mol. The summed E-state index contributed by atoms with van der Waals surface area (Å²) in [5.41, 5.74) is 2.02. The van der Waals surface area contributed by atoms with Crippen LogP contribution in [0.15, 0.2) is 76.4 Å². The van der Waals surface area contributed by atoms with Crippen molar-refractivity contribution in [2.75, 3.05) is 6.61 Å². The van der Waals surface area contributed by atoms with Gasteiger partial charge in [-0.05, 0) is 18.1 Å². The Hall–Kier alpha value is -2.61. The van der Waals surface area contributed by atoms with E-state index in [-0.39, 0.29) is 28.0 Å². The molecule has 7 heteroatoms. The van der Waals surface area contributed by atoms with E-state index in [1.54, 1.807) is 29.4 Å². The number of aromatic amines is 1. The number of nitrogens with one attached hydrogen (secondary N) is 1. The maximum atomic E-state index is 12.4. The second kappa shape index (κ2) is 10.1.